The van der Waals surface area contributed by atoms with E-state index >= 15 is 0 Å². The van der Waals surface area contributed by atoms with Crippen LogP contribution in [0.25, 0.3) is 5.69 Å². The Morgan fingerprint density at radius 3 is 2.77 bits per heavy atom. The van der Waals surface area contributed by atoms with Crippen LogP contribution in [0, 0.1) is 6.92 Å². The minimum atomic E-state index is -0.217. The summed E-state index contributed by atoms with van der Waals surface area (Å²) in [5.74, 6) is -0.217. The standard InChI is InChI=1S/C23H25N5O2S/c1-16-10-11-19(28(16)17-7-5-12-24-15-17)22-21(18-8-3-4-13-25-18)26-23(31)27(22)14-6-9-20(29)30-2/h3-5,7-8,10-13,15,21-22H,6,9,14H2,1-2H3,(H,26,31)/t21-,22-/m0/s1. The summed E-state index contributed by atoms with van der Waals surface area (Å²) in [6.07, 6.45) is 6.41. The van der Waals surface area contributed by atoms with E-state index in [-0.39, 0.29) is 18.1 Å². The average Bonchev–Trinajstić information content (AvgIpc) is 3.34. The van der Waals surface area contributed by atoms with Gasteiger partial charge in [0.2, 0.25) is 0 Å². The first-order valence-electron chi connectivity index (χ1n) is 10.2. The van der Waals surface area contributed by atoms with E-state index in [0.29, 0.717) is 24.5 Å². The highest BCUT2D eigenvalue weighted by molar-refractivity contribution is 7.80. The molecular formula is C23H25N5O2S. The maximum absolute atomic E-state index is 11.6. The third-order valence-corrected chi connectivity index (χ3v) is 5.87. The van der Waals surface area contributed by atoms with E-state index in [1.807, 2.05) is 36.5 Å². The lowest BCUT2D eigenvalue weighted by molar-refractivity contribution is -0.140. The molecule has 1 N–H and O–H groups in total. The van der Waals surface area contributed by atoms with Crippen molar-refractivity contribution in [3.05, 3.63) is 78.1 Å². The van der Waals surface area contributed by atoms with Gasteiger partial charge in [-0.2, -0.15) is 0 Å². The smallest absolute Gasteiger partial charge is 0.305 e. The molecule has 4 rings (SSSR count). The fraction of sp³-hybridized carbons (Fsp3) is 0.304. The Morgan fingerprint density at radius 1 is 1.19 bits per heavy atom. The van der Waals surface area contributed by atoms with Crippen molar-refractivity contribution in [2.45, 2.75) is 31.8 Å². The second-order valence-corrected chi connectivity index (χ2v) is 7.83. The molecule has 1 aliphatic rings. The highest BCUT2D eigenvalue weighted by Crippen LogP contribution is 2.40. The van der Waals surface area contributed by atoms with Gasteiger partial charge in [-0.15, -0.1) is 0 Å². The molecule has 0 aromatic carbocycles. The Hall–Kier alpha value is -3.26. The number of methoxy groups -OCH3 is 1. The van der Waals surface area contributed by atoms with E-state index in [1.54, 1.807) is 12.4 Å². The second-order valence-electron chi connectivity index (χ2n) is 7.45. The van der Waals surface area contributed by atoms with E-state index in [4.69, 9.17) is 17.0 Å². The highest BCUT2D eigenvalue weighted by Gasteiger charge is 2.41. The number of nitrogens with zero attached hydrogens (tertiary/aromatic N) is 4. The fourth-order valence-corrected chi connectivity index (χ4v) is 4.42. The molecule has 1 fully saturated rings. The van der Waals surface area contributed by atoms with Crippen LogP contribution in [-0.2, 0) is 9.53 Å². The van der Waals surface area contributed by atoms with Crippen molar-refractivity contribution in [3.8, 4) is 5.69 Å². The van der Waals surface area contributed by atoms with Crippen LogP contribution >= 0.6 is 12.2 Å². The molecule has 0 saturated carbocycles. The third kappa shape index (κ3) is 4.29. The largest absolute Gasteiger partial charge is 0.469 e. The van der Waals surface area contributed by atoms with Crippen molar-refractivity contribution in [3.63, 3.8) is 0 Å². The van der Waals surface area contributed by atoms with Gasteiger partial charge in [0.15, 0.2) is 5.11 Å². The summed E-state index contributed by atoms with van der Waals surface area (Å²) in [6, 6.07) is 13.9. The molecule has 0 bridgehead atoms. The average molecular weight is 436 g/mol. The number of carbonyl (C=O) groups excluding carboxylic acids is 1. The topological polar surface area (TPSA) is 72.3 Å². The van der Waals surface area contributed by atoms with Crippen LogP contribution in [0.1, 0.15) is 42.0 Å². The number of nitrogens with one attached hydrogen (secondary N) is 1. The van der Waals surface area contributed by atoms with Crippen molar-refractivity contribution < 1.29 is 9.53 Å². The van der Waals surface area contributed by atoms with E-state index < -0.39 is 0 Å². The second kappa shape index (κ2) is 9.26. The number of pyridine rings is 2. The van der Waals surface area contributed by atoms with Crippen molar-refractivity contribution in [2.24, 2.45) is 0 Å². The summed E-state index contributed by atoms with van der Waals surface area (Å²) >= 11 is 5.72. The normalized spacial score (nSPS) is 18.1. The number of ether oxygens (including phenoxy) is 1. The SMILES string of the molecule is COC(=O)CCCN1C(=S)N[C@@H](c2ccccn2)[C@@H]1c1ccc(C)n1-c1cccnc1. The number of hydrogen-bond donors (Lipinski definition) is 1. The van der Waals surface area contributed by atoms with Crippen molar-refractivity contribution in [1.29, 1.82) is 0 Å². The van der Waals surface area contributed by atoms with E-state index in [9.17, 15) is 4.79 Å². The summed E-state index contributed by atoms with van der Waals surface area (Å²) in [6.45, 7) is 2.71. The molecule has 0 aliphatic carbocycles. The van der Waals surface area contributed by atoms with Crippen molar-refractivity contribution in [2.75, 3.05) is 13.7 Å². The minimum absolute atomic E-state index is 0.0889. The molecule has 0 unspecified atom stereocenters. The Morgan fingerprint density at radius 2 is 2.06 bits per heavy atom. The summed E-state index contributed by atoms with van der Waals surface area (Å²) in [5.41, 5.74) is 4.11. The van der Waals surface area contributed by atoms with E-state index in [1.165, 1.54) is 7.11 Å². The van der Waals surface area contributed by atoms with Gasteiger partial charge in [0, 0.05) is 36.7 Å². The quantitative estimate of drug-likeness (QED) is 0.450. The molecule has 160 valence electrons. The molecule has 0 radical (unpaired) electrons. The molecule has 7 nitrogen and oxygen atoms in total. The zero-order chi connectivity index (χ0) is 21.8. The molecule has 3 aromatic heterocycles. The summed E-state index contributed by atoms with van der Waals surface area (Å²) in [7, 11) is 1.41. The fourth-order valence-electron chi connectivity index (χ4n) is 4.09. The molecule has 31 heavy (non-hydrogen) atoms. The number of aromatic nitrogens is 3. The number of carbonyl (C=O) groups is 1. The van der Waals surface area contributed by atoms with Crippen LogP contribution < -0.4 is 5.32 Å². The number of rotatable bonds is 7. The molecule has 1 aliphatic heterocycles. The molecular weight excluding hydrogens is 410 g/mol. The van der Waals surface area contributed by atoms with Gasteiger partial charge in [-0.05, 0) is 62.0 Å². The van der Waals surface area contributed by atoms with Crippen LogP contribution in [0.5, 0.6) is 0 Å². The maximum Gasteiger partial charge on any atom is 0.305 e. The van der Waals surface area contributed by atoms with Crippen LogP contribution in [-0.4, -0.2) is 44.2 Å². The first-order valence-corrected chi connectivity index (χ1v) is 10.6. The van der Waals surface area contributed by atoms with Gasteiger partial charge in [0.25, 0.3) is 0 Å². The van der Waals surface area contributed by atoms with Gasteiger partial charge < -0.3 is 19.5 Å². The van der Waals surface area contributed by atoms with Gasteiger partial charge in [-0.1, -0.05) is 6.07 Å². The maximum atomic E-state index is 11.6. The van der Waals surface area contributed by atoms with Gasteiger partial charge in [0.05, 0.1) is 36.8 Å². The molecule has 4 heterocycles. The summed E-state index contributed by atoms with van der Waals surface area (Å²) in [5, 5.41) is 4.11. The van der Waals surface area contributed by atoms with Gasteiger partial charge in [-0.25, -0.2) is 0 Å². The first-order chi connectivity index (χ1) is 15.1. The molecule has 3 aromatic rings. The Labute approximate surface area is 187 Å². The zero-order valence-corrected chi connectivity index (χ0v) is 18.4. The van der Waals surface area contributed by atoms with Crippen molar-refractivity contribution >= 4 is 23.3 Å². The number of thiocarbonyl (C=S) groups is 1. The molecule has 0 amide bonds. The van der Waals surface area contributed by atoms with Gasteiger partial charge in [0.1, 0.15) is 0 Å². The van der Waals surface area contributed by atoms with Crippen LogP contribution in [0.15, 0.2) is 61.1 Å². The number of hydrogen-bond acceptors (Lipinski definition) is 5. The molecule has 2 atom stereocenters. The summed E-state index contributed by atoms with van der Waals surface area (Å²) in [4.78, 5) is 22.7. The third-order valence-electron chi connectivity index (χ3n) is 5.52. The van der Waals surface area contributed by atoms with Crippen LogP contribution in [0.3, 0.4) is 0 Å². The highest BCUT2D eigenvalue weighted by atomic mass is 32.1. The Kier molecular flexibility index (Phi) is 6.27. The lowest BCUT2D eigenvalue weighted by atomic mass is 10.0. The molecule has 0 spiro atoms. The number of aryl methyl sites for hydroxylation is 1. The zero-order valence-electron chi connectivity index (χ0n) is 17.6. The predicted molar refractivity (Wildman–Crippen MR) is 122 cm³/mol. The van der Waals surface area contributed by atoms with Crippen LogP contribution in [0.2, 0.25) is 0 Å². The Balaban J connectivity index is 1.74. The predicted octanol–water partition coefficient (Wildman–Crippen LogP) is 3.50. The molecule has 1 saturated heterocycles. The van der Waals surface area contributed by atoms with Crippen molar-refractivity contribution in [1.82, 2.24) is 24.8 Å². The molecule has 8 heteroatoms. The van der Waals surface area contributed by atoms with E-state index in [0.717, 1.165) is 22.8 Å². The monoisotopic (exact) mass is 435 g/mol. The summed E-state index contributed by atoms with van der Waals surface area (Å²) < 4.78 is 7.00. The van der Waals surface area contributed by atoms with E-state index in [2.05, 4.69) is 43.8 Å². The first kappa shape index (κ1) is 21.0. The lowest BCUT2D eigenvalue weighted by Crippen LogP contribution is -2.31. The van der Waals surface area contributed by atoms with Crippen LogP contribution in [0.4, 0.5) is 0 Å². The minimum Gasteiger partial charge on any atom is -0.469 e. The van der Waals surface area contributed by atoms with Gasteiger partial charge in [-0.3, -0.25) is 14.8 Å². The van der Waals surface area contributed by atoms with Gasteiger partial charge >= 0.3 is 5.97 Å². The lowest BCUT2D eigenvalue weighted by Gasteiger charge is -2.29. The number of esters is 1. The Bertz CT molecular complexity index is 1050.